The minimum atomic E-state index is 0.335. The fraction of sp³-hybridized carbons (Fsp3) is 0.806. The number of hydrogen-bond acceptors (Lipinski definition) is 1. The highest BCUT2D eigenvalue weighted by atomic mass is 16.5. The van der Waals surface area contributed by atoms with E-state index < -0.39 is 0 Å². The number of ether oxygens (including phenoxy) is 1. The van der Waals surface area contributed by atoms with E-state index in [0.29, 0.717) is 27.8 Å². The highest BCUT2D eigenvalue weighted by Crippen LogP contribution is 2.47. The minimum absolute atomic E-state index is 0.335. The first kappa shape index (κ1) is 27.4. The molecule has 2 aliphatic rings. The molecular formula is C31H54O. The molecule has 2 aliphatic carbocycles. The molecule has 4 unspecified atom stereocenters. The molecular weight excluding hydrogens is 388 g/mol. The molecule has 1 nitrogen and oxygen atoms in total. The van der Waals surface area contributed by atoms with Crippen LogP contribution in [0.15, 0.2) is 30.3 Å². The average molecular weight is 443 g/mol. The van der Waals surface area contributed by atoms with Gasteiger partial charge in [-0.3, -0.25) is 0 Å². The van der Waals surface area contributed by atoms with E-state index in [2.05, 4.69) is 92.6 Å². The second kappa shape index (κ2) is 10.6. The molecule has 0 N–H and O–H groups in total. The van der Waals surface area contributed by atoms with Crippen LogP contribution in [0.1, 0.15) is 113 Å². The van der Waals surface area contributed by atoms with Crippen molar-refractivity contribution in [3.63, 3.8) is 0 Å². The maximum Gasteiger partial charge on any atom is 0.0627 e. The summed E-state index contributed by atoms with van der Waals surface area (Å²) in [4.78, 5) is 0. The van der Waals surface area contributed by atoms with Crippen molar-refractivity contribution >= 4 is 0 Å². The maximum absolute atomic E-state index is 5.67. The average Bonchev–Trinajstić information content (AvgIpc) is 2.79. The Morgan fingerprint density at radius 1 is 0.719 bits per heavy atom. The Kier molecular flexibility index (Phi) is 9.11. The van der Waals surface area contributed by atoms with Gasteiger partial charge in [0.05, 0.1) is 6.10 Å². The molecule has 0 saturated heterocycles. The van der Waals surface area contributed by atoms with Gasteiger partial charge in [0.2, 0.25) is 0 Å². The topological polar surface area (TPSA) is 9.23 Å². The Labute approximate surface area is 201 Å². The molecule has 0 heterocycles. The molecule has 0 bridgehead atoms. The Hall–Kier alpha value is -0.820. The highest BCUT2D eigenvalue weighted by molar-refractivity contribution is 5.16. The van der Waals surface area contributed by atoms with Crippen LogP contribution in [-0.4, -0.2) is 13.2 Å². The molecule has 1 aromatic carbocycles. The van der Waals surface area contributed by atoms with Crippen LogP contribution in [0.5, 0.6) is 0 Å². The molecule has 2 saturated carbocycles. The lowest BCUT2D eigenvalue weighted by molar-refractivity contribution is -0.0145. The molecule has 1 aromatic rings. The van der Waals surface area contributed by atoms with Crippen LogP contribution < -0.4 is 0 Å². The lowest BCUT2D eigenvalue weighted by Gasteiger charge is -2.34. The quantitative estimate of drug-likeness (QED) is 0.424. The van der Waals surface area contributed by atoms with Crippen molar-refractivity contribution in [2.45, 2.75) is 120 Å². The summed E-state index contributed by atoms with van der Waals surface area (Å²) in [6.07, 6.45) is 11.0. The van der Waals surface area contributed by atoms with Crippen LogP contribution in [0.2, 0.25) is 0 Å². The van der Waals surface area contributed by atoms with Crippen LogP contribution in [0.3, 0.4) is 0 Å². The van der Waals surface area contributed by atoms with Gasteiger partial charge in [0, 0.05) is 7.11 Å². The van der Waals surface area contributed by atoms with Crippen molar-refractivity contribution in [2.75, 3.05) is 7.11 Å². The van der Waals surface area contributed by atoms with Crippen molar-refractivity contribution < 1.29 is 4.74 Å². The molecule has 0 amide bonds. The number of hydrogen-bond donors (Lipinski definition) is 0. The summed E-state index contributed by atoms with van der Waals surface area (Å²) < 4.78 is 5.67. The van der Waals surface area contributed by atoms with Gasteiger partial charge in [-0.25, -0.2) is 0 Å². The van der Waals surface area contributed by atoms with Gasteiger partial charge in [0.15, 0.2) is 0 Å². The molecule has 0 aliphatic heterocycles. The molecule has 184 valence electrons. The lowest BCUT2D eigenvalue weighted by Crippen LogP contribution is -2.32. The van der Waals surface area contributed by atoms with Crippen LogP contribution in [0, 0.1) is 33.5 Å². The Bertz CT molecular complexity index is 686. The first-order valence-electron chi connectivity index (χ1n) is 13.2. The van der Waals surface area contributed by atoms with Crippen LogP contribution >= 0.6 is 0 Å². The minimum Gasteiger partial charge on any atom is -0.381 e. The smallest absolute Gasteiger partial charge is 0.0627 e. The zero-order valence-corrected chi connectivity index (χ0v) is 23.2. The van der Waals surface area contributed by atoms with Gasteiger partial charge in [-0.1, -0.05) is 92.6 Å². The fourth-order valence-corrected chi connectivity index (χ4v) is 7.26. The van der Waals surface area contributed by atoms with Gasteiger partial charge in [0.25, 0.3) is 0 Å². The molecule has 0 spiro atoms. The fourth-order valence-electron chi connectivity index (χ4n) is 7.26. The van der Waals surface area contributed by atoms with E-state index in [-0.39, 0.29) is 0 Å². The van der Waals surface area contributed by atoms with Gasteiger partial charge in [-0.15, -0.1) is 0 Å². The standard InChI is InChI=1S/C18H28.C13H26O/c1-15-12-17(2,3)10-11-18(4,13-15)14-16-8-6-5-7-9-16;1-10-7-12(2,3)9-11(14-6)13(4,5)8-10/h5-9,15H,10-14H2,1-4H3;10-11H,7-9H2,1-6H3. The number of benzene rings is 1. The first-order valence-corrected chi connectivity index (χ1v) is 13.2. The molecule has 1 heteroatoms. The van der Waals surface area contributed by atoms with Crippen molar-refractivity contribution in [1.29, 1.82) is 0 Å². The van der Waals surface area contributed by atoms with E-state index in [1.54, 1.807) is 0 Å². The third-order valence-electron chi connectivity index (χ3n) is 8.29. The zero-order chi connectivity index (χ0) is 24.2. The van der Waals surface area contributed by atoms with E-state index >= 15 is 0 Å². The van der Waals surface area contributed by atoms with E-state index in [0.717, 1.165) is 11.8 Å². The third kappa shape index (κ3) is 8.51. The van der Waals surface area contributed by atoms with Gasteiger partial charge < -0.3 is 4.74 Å². The summed E-state index contributed by atoms with van der Waals surface area (Å²) in [6.45, 7) is 21.6. The van der Waals surface area contributed by atoms with Crippen molar-refractivity contribution in [3.05, 3.63) is 35.9 Å². The molecule has 2 fully saturated rings. The van der Waals surface area contributed by atoms with Crippen LogP contribution in [-0.2, 0) is 11.2 Å². The van der Waals surface area contributed by atoms with Gasteiger partial charge in [-0.2, -0.15) is 0 Å². The van der Waals surface area contributed by atoms with E-state index in [1.807, 2.05) is 7.11 Å². The van der Waals surface area contributed by atoms with Crippen molar-refractivity contribution in [3.8, 4) is 0 Å². The second-order valence-corrected chi connectivity index (χ2v) is 14.2. The molecule has 0 aromatic heterocycles. The van der Waals surface area contributed by atoms with Crippen molar-refractivity contribution in [2.24, 2.45) is 33.5 Å². The zero-order valence-electron chi connectivity index (χ0n) is 23.2. The lowest BCUT2D eigenvalue weighted by atomic mass is 9.75. The maximum atomic E-state index is 5.67. The summed E-state index contributed by atoms with van der Waals surface area (Å²) in [5, 5.41) is 0. The molecule has 32 heavy (non-hydrogen) atoms. The first-order chi connectivity index (χ1) is 14.7. The predicted octanol–water partition coefficient (Wildman–Crippen LogP) is 9.35. The Morgan fingerprint density at radius 3 is 1.88 bits per heavy atom. The molecule has 0 radical (unpaired) electrons. The van der Waals surface area contributed by atoms with E-state index in [1.165, 1.54) is 56.9 Å². The van der Waals surface area contributed by atoms with Crippen LogP contribution in [0.25, 0.3) is 0 Å². The normalized spacial score (nSPS) is 33.9. The van der Waals surface area contributed by atoms with E-state index in [9.17, 15) is 0 Å². The number of rotatable bonds is 3. The summed E-state index contributed by atoms with van der Waals surface area (Å²) in [7, 11) is 1.86. The summed E-state index contributed by atoms with van der Waals surface area (Å²) in [5.41, 5.74) is 3.31. The van der Waals surface area contributed by atoms with Gasteiger partial charge >= 0.3 is 0 Å². The number of methoxy groups -OCH3 is 1. The Balaban J connectivity index is 0.000000235. The summed E-state index contributed by atoms with van der Waals surface area (Å²) in [6, 6.07) is 11.0. The predicted molar refractivity (Wildman–Crippen MR) is 141 cm³/mol. The molecule has 4 atom stereocenters. The van der Waals surface area contributed by atoms with E-state index in [4.69, 9.17) is 4.74 Å². The largest absolute Gasteiger partial charge is 0.381 e. The second-order valence-electron chi connectivity index (χ2n) is 14.2. The highest BCUT2D eigenvalue weighted by Gasteiger charge is 2.40. The Morgan fingerprint density at radius 2 is 1.28 bits per heavy atom. The van der Waals surface area contributed by atoms with Crippen molar-refractivity contribution in [1.82, 2.24) is 0 Å². The van der Waals surface area contributed by atoms with Gasteiger partial charge in [0.1, 0.15) is 0 Å². The summed E-state index contributed by atoms with van der Waals surface area (Å²) in [5.74, 6) is 1.68. The van der Waals surface area contributed by atoms with Gasteiger partial charge in [-0.05, 0) is 90.4 Å². The van der Waals surface area contributed by atoms with Crippen LogP contribution in [0.4, 0.5) is 0 Å². The molecule has 3 rings (SSSR count). The third-order valence-corrected chi connectivity index (χ3v) is 8.29. The SMILES string of the molecule is CC1CC(C)(C)CCC(C)(Cc2ccccc2)C1.COC1CC(C)(C)CC(C)CC1(C)C. The monoisotopic (exact) mass is 442 g/mol. The summed E-state index contributed by atoms with van der Waals surface area (Å²) >= 11 is 0.